The largest absolute Gasteiger partial charge is 0.462 e. The molecule has 356 valence electrons. The highest BCUT2D eigenvalue weighted by Crippen LogP contribution is 2.12. The summed E-state index contributed by atoms with van der Waals surface area (Å²) in [6.45, 7) is 6.35. The zero-order chi connectivity index (χ0) is 45.8. The molecule has 0 fully saturated rings. The van der Waals surface area contributed by atoms with Crippen molar-refractivity contribution in [1.29, 1.82) is 0 Å². The molecule has 0 saturated heterocycles. The molecule has 6 heteroatoms. The SMILES string of the molecule is CC/C=C\C/C=C\C/C=C\CCCC(=O)OCC(COC(=O)CCC/C=C\C/C=C\C/C=C\C/C=C\CCCCC)OC(=O)CCCCCCCCC/C=C\C/C=C\CCCCC. The van der Waals surface area contributed by atoms with E-state index in [4.69, 9.17) is 14.2 Å². The first kappa shape index (κ1) is 59.1. The average molecular weight is 873 g/mol. The summed E-state index contributed by atoms with van der Waals surface area (Å²) < 4.78 is 16.7. The van der Waals surface area contributed by atoms with Gasteiger partial charge in [0, 0.05) is 19.3 Å². The molecule has 6 nitrogen and oxygen atoms in total. The molecule has 0 rings (SSSR count). The highest BCUT2D eigenvalue weighted by atomic mass is 16.6. The molecule has 0 saturated carbocycles. The van der Waals surface area contributed by atoms with Crippen molar-refractivity contribution in [3.05, 3.63) is 109 Å². The first-order valence-electron chi connectivity index (χ1n) is 25.4. The number of hydrogen-bond acceptors (Lipinski definition) is 6. The summed E-state index contributed by atoms with van der Waals surface area (Å²) in [7, 11) is 0. The minimum atomic E-state index is -0.825. The summed E-state index contributed by atoms with van der Waals surface area (Å²) in [5.74, 6) is -1.05. The van der Waals surface area contributed by atoms with Crippen LogP contribution < -0.4 is 0 Å². The molecule has 0 heterocycles. The fourth-order valence-corrected chi connectivity index (χ4v) is 6.43. The Morgan fingerprint density at radius 2 is 0.635 bits per heavy atom. The fourth-order valence-electron chi connectivity index (χ4n) is 6.43. The molecule has 63 heavy (non-hydrogen) atoms. The van der Waals surface area contributed by atoms with Gasteiger partial charge in [-0.25, -0.2) is 0 Å². The van der Waals surface area contributed by atoms with Gasteiger partial charge in [-0.15, -0.1) is 0 Å². The van der Waals surface area contributed by atoms with Gasteiger partial charge in [0.1, 0.15) is 13.2 Å². The van der Waals surface area contributed by atoms with E-state index < -0.39 is 6.10 Å². The van der Waals surface area contributed by atoms with E-state index in [-0.39, 0.29) is 44.0 Å². The Labute approximate surface area is 387 Å². The van der Waals surface area contributed by atoms with Crippen LogP contribution in [0.2, 0.25) is 0 Å². The predicted octanol–water partition coefficient (Wildman–Crippen LogP) is 16.8. The standard InChI is InChI=1S/C57H92O6/c1-4-7-10-13-16-19-22-24-26-28-30-32-35-38-41-44-47-50-56(59)62-53-54(52-61-55(58)49-46-43-40-37-34-21-18-15-12-9-6-3)63-57(60)51-48-45-42-39-36-33-31-29-27-25-23-20-17-14-11-8-5-2/h9,12,16-21,24-27,30,32,37-38,40-41,54H,4-8,10-11,13-15,22-23,28-29,31,33-36,39,42-53H2,1-3H3/b12-9-,19-16-,20-17-,21-18-,26-24-,27-25-,32-30-,40-37-,41-38-. The van der Waals surface area contributed by atoms with Crippen molar-refractivity contribution in [2.75, 3.05) is 13.2 Å². The number of ether oxygens (including phenoxy) is 3. The van der Waals surface area contributed by atoms with Gasteiger partial charge in [0.05, 0.1) is 0 Å². The van der Waals surface area contributed by atoms with E-state index in [2.05, 4.69) is 130 Å². The van der Waals surface area contributed by atoms with E-state index in [1.165, 1.54) is 77.0 Å². The van der Waals surface area contributed by atoms with Crippen LogP contribution in [0.4, 0.5) is 0 Å². The number of hydrogen-bond donors (Lipinski definition) is 0. The smallest absolute Gasteiger partial charge is 0.306 e. The Morgan fingerprint density at radius 1 is 0.333 bits per heavy atom. The number of unbranched alkanes of at least 4 members (excludes halogenated alkanes) is 15. The minimum Gasteiger partial charge on any atom is -0.462 e. The van der Waals surface area contributed by atoms with Crippen LogP contribution in [0.25, 0.3) is 0 Å². The molecular formula is C57H92O6. The molecule has 0 N–H and O–H groups in total. The number of esters is 3. The van der Waals surface area contributed by atoms with Crippen LogP contribution in [0.15, 0.2) is 109 Å². The van der Waals surface area contributed by atoms with E-state index in [9.17, 15) is 14.4 Å². The van der Waals surface area contributed by atoms with Gasteiger partial charge in [0.2, 0.25) is 0 Å². The molecule has 1 atom stereocenters. The molecule has 0 aromatic carbocycles. The van der Waals surface area contributed by atoms with Gasteiger partial charge in [0.25, 0.3) is 0 Å². The lowest BCUT2D eigenvalue weighted by molar-refractivity contribution is -0.167. The number of carbonyl (C=O) groups is 3. The molecule has 0 aliphatic carbocycles. The van der Waals surface area contributed by atoms with Crippen LogP contribution in [-0.2, 0) is 28.6 Å². The number of carbonyl (C=O) groups excluding carboxylic acids is 3. The Hall–Kier alpha value is -3.93. The zero-order valence-corrected chi connectivity index (χ0v) is 40.5. The minimum absolute atomic E-state index is 0.127. The summed E-state index contributed by atoms with van der Waals surface area (Å²) in [6, 6.07) is 0. The Balaban J connectivity index is 4.53. The summed E-state index contributed by atoms with van der Waals surface area (Å²) in [6.07, 6.45) is 68.0. The van der Waals surface area contributed by atoms with Gasteiger partial charge < -0.3 is 14.2 Å². The van der Waals surface area contributed by atoms with Crippen LogP contribution in [0, 0.1) is 0 Å². The second-order valence-corrected chi connectivity index (χ2v) is 16.3. The van der Waals surface area contributed by atoms with E-state index in [1.807, 2.05) is 0 Å². The van der Waals surface area contributed by atoms with Gasteiger partial charge in [0.15, 0.2) is 6.10 Å². The van der Waals surface area contributed by atoms with Crippen LogP contribution in [-0.4, -0.2) is 37.2 Å². The second kappa shape index (κ2) is 50.7. The van der Waals surface area contributed by atoms with Crippen molar-refractivity contribution >= 4 is 17.9 Å². The van der Waals surface area contributed by atoms with Crippen LogP contribution >= 0.6 is 0 Å². The van der Waals surface area contributed by atoms with E-state index in [0.29, 0.717) is 19.3 Å². The maximum atomic E-state index is 12.8. The van der Waals surface area contributed by atoms with Crippen molar-refractivity contribution in [2.45, 2.75) is 219 Å². The topological polar surface area (TPSA) is 78.9 Å². The molecular weight excluding hydrogens is 781 g/mol. The second-order valence-electron chi connectivity index (χ2n) is 16.3. The van der Waals surface area contributed by atoms with Crippen molar-refractivity contribution < 1.29 is 28.6 Å². The zero-order valence-electron chi connectivity index (χ0n) is 40.5. The summed E-state index contributed by atoms with van der Waals surface area (Å²) in [5, 5.41) is 0. The molecule has 0 aliphatic heterocycles. The van der Waals surface area contributed by atoms with Gasteiger partial charge >= 0.3 is 17.9 Å². The molecule has 0 amide bonds. The maximum absolute atomic E-state index is 12.8. The Kier molecular flexibility index (Phi) is 47.5. The fraction of sp³-hybridized carbons (Fsp3) is 0.632. The molecule has 0 bridgehead atoms. The van der Waals surface area contributed by atoms with Crippen LogP contribution in [0.5, 0.6) is 0 Å². The highest BCUT2D eigenvalue weighted by Gasteiger charge is 2.19. The molecule has 0 aromatic rings. The Morgan fingerprint density at radius 3 is 1.02 bits per heavy atom. The highest BCUT2D eigenvalue weighted by molar-refractivity contribution is 5.71. The third-order valence-electron chi connectivity index (χ3n) is 10.2. The monoisotopic (exact) mass is 873 g/mol. The van der Waals surface area contributed by atoms with Gasteiger partial charge in [-0.1, -0.05) is 188 Å². The molecule has 0 spiro atoms. The van der Waals surface area contributed by atoms with Crippen LogP contribution in [0.3, 0.4) is 0 Å². The van der Waals surface area contributed by atoms with Crippen molar-refractivity contribution in [3.63, 3.8) is 0 Å². The molecule has 1 unspecified atom stereocenters. The number of rotatable bonds is 44. The Bertz CT molecular complexity index is 1330. The summed E-state index contributed by atoms with van der Waals surface area (Å²) in [4.78, 5) is 37.9. The number of allylic oxidation sites excluding steroid dienone is 18. The average Bonchev–Trinajstić information content (AvgIpc) is 3.28. The quantitative estimate of drug-likeness (QED) is 0.0263. The van der Waals surface area contributed by atoms with Gasteiger partial charge in [-0.05, 0) is 116 Å². The lowest BCUT2D eigenvalue weighted by Crippen LogP contribution is -2.30. The van der Waals surface area contributed by atoms with Crippen molar-refractivity contribution in [2.24, 2.45) is 0 Å². The third kappa shape index (κ3) is 49.0. The lowest BCUT2D eigenvalue weighted by Gasteiger charge is -2.18. The summed E-state index contributed by atoms with van der Waals surface area (Å²) >= 11 is 0. The summed E-state index contributed by atoms with van der Waals surface area (Å²) in [5.41, 5.74) is 0. The third-order valence-corrected chi connectivity index (χ3v) is 10.2. The van der Waals surface area contributed by atoms with Crippen LogP contribution in [0.1, 0.15) is 213 Å². The predicted molar refractivity (Wildman–Crippen MR) is 270 cm³/mol. The van der Waals surface area contributed by atoms with Gasteiger partial charge in [-0.3, -0.25) is 14.4 Å². The normalized spacial score (nSPS) is 13.0. The first-order valence-corrected chi connectivity index (χ1v) is 25.4. The molecule has 0 aromatic heterocycles. The van der Waals surface area contributed by atoms with E-state index in [0.717, 1.165) is 83.5 Å². The van der Waals surface area contributed by atoms with Gasteiger partial charge in [-0.2, -0.15) is 0 Å². The molecule has 0 radical (unpaired) electrons. The maximum Gasteiger partial charge on any atom is 0.306 e. The molecule has 0 aliphatic rings. The van der Waals surface area contributed by atoms with Crippen molar-refractivity contribution in [1.82, 2.24) is 0 Å². The van der Waals surface area contributed by atoms with E-state index >= 15 is 0 Å². The van der Waals surface area contributed by atoms with Crippen molar-refractivity contribution in [3.8, 4) is 0 Å². The lowest BCUT2D eigenvalue weighted by atomic mass is 10.1. The first-order chi connectivity index (χ1) is 31.0. The van der Waals surface area contributed by atoms with E-state index in [1.54, 1.807) is 0 Å².